The number of phenolic OH excluding ortho intramolecular Hbond substituents is 1. The highest BCUT2D eigenvalue weighted by atomic mass is 16.5. The zero-order valence-electron chi connectivity index (χ0n) is 26.0. The van der Waals surface area contributed by atoms with Crippen LogP contribution in [0.4, 0.5) is 0 Å². The molecule has 6 nitrogen and oxygen atoms in total. The summed E-state index contributed by atoms with van der Waals surface area (Å²) in [6.45, 7) is 8.43. The fourth-order valence-corrected chi connectivity index (χ4v) is 6.75. The van der Waals surface area contributed by atoms with Crippen LogP contribution in [0.2, 0.25) is 0 Å². The molecule has 1 N–H and O–H groups in total. The summed E-state index contributed by atoms with van der Waals surface area (Å²) in [6.07, 6.45) is 14.1. The largest absolute Gasteiger partial charge is 0.508 e. The molecular weight excluding hydrogens is 532 g/mol. The van der Waals surface area contributed by atoms with Gasteiger partial charge in [0.2, 0.25) is 0 Å². The zero-order chi connectivity index (χ0) is 30.0. The molecule has 2 atom stereocenters. The molecule has 4 aromatic rings. The van der Waals surface area contributed by atoms with Crippen molar-refractivity contribution in [1.82, 2.24) is 19.8 Å². The van der Waals surface area contributed by atoms with Gasteiger partial charge >= 0.3 is 0 Å². The van der Waals surface area contributed by atoms with E-state index < -0.39 is 0 Å². The van der Waals surface area contributed by atoms with Crippen molar-refractivity contribution < 1.29 is 9.84 Å². The predicted octanol–water partition coefficient (Wildman–Crippen LogP) is 6.64. The Labute approximate surface area is 257 Å². The first-order valence-electron chi connectivity index (χ1n) is 15.8. The molecule has 0 bridgehead atoms. The predicted molar refractivity (Wildman–Crippen MR) is 173 cm³/mol. The maximum absolute atomic E-state index is 10.1. The summed E-state index contributed by atoms with van der Waals surface area (Å²) in [5.74, 6) is 1.49. The number of phenols is 1. The lowest BCUT2D eigenvalue weighted by atomic mass is 9.86. The third kappa shape index (κ3) is 7.81. The second-order valence-electron chi connectivity index (χ2n) is 11.7. The van der Waals surface area contributed by atoms with Crippen molar-refractivity contribution in [2.24, 2.45) is 0 Å². The van der Waals surface area contributed by atoms with Gasteiger partial charge in [0.15, 0.2) is 0 Å². The van der Waals surface area contributed by atoms with Gasteiger partial charge in [0.25, 0.3) is 0 Å². The van der Waals surface area contributed by atoms with Crippen molar-refractivity contribution in [2.75, 3.05) is 20.2 Å². The van der Waals surface area contributed by atoms with Crippen molar-refractivity contribution >= 4 is 0 Å². The molecule has 2 aliphatic carbocycles. The second kappa shape index (κ2) is 15.1. The molecular formula is C37H46N4O2. The highest BCUT2D eigenvalue weighted by Crippen LogP contribution is 2.33. The summed E-state index contributed by atoms with van der Waals surface area (Å²) < 4.78 is 5.56. The van der Waals surface area contributed by atoms with E-state index in [1.807, 2.05) is 43.0 Å². The number of methoxy groups -OCH3 is 1. The molecule has 226 valence electrons. The molecule has 0 saturated carbocycles. The third-order valence-corrected chi connectivity index (χ3v) is 9.13. The van der Waals surface area contributed by atoms with E-state index in [2.05, 4.69) is 70.0 Å². The third-order valence-electron chi connectivity index (χ3n) is 9.13. The molecule has 43 heavy (non-hydrogen) atoms. The topological polar surface area (TPSA) is 61.7 Å². The number of fused-ring (bicyclic) bond motifs is 2. The monoisotopic (exact) mass is 578 g/mol. The normalized spacial score (nSPS) is 17.5. The van der Waals surface area contributed by atoms with Crippen LogP contribution < -0.4 is 4.74 Å². The average molecular weight is 579 g/mol. The Morgan fingerprint density at radius 1 is 0.721 bits per heavy atom. The van der Waals surface area contributed by atoms with E-state index in [4.69, 9.17) is 4.74 Å². The number of aryl methyl sites for hydroxylation is 2. The summed E-state index contributed by atoms with van der Waals surface area (Å²) in [7, 11) is 1.77. The minimum Gasteiger partial charge on any atom is -0.508 e. The maximum atomic E-state index is 10.1. The zero-order valence-corrected chi connectivity index (χ0v) is 26.0. The van der Waals surface area contributed by atoms with E-state index in [1.165, 1.54) is 34.2 Å². The number of likely N-dealkylation sites (N-methyl/N-ethyl adjacent to an activating group) is 2. The SMILES string of the molecule is CCN(Cc1cccnc1)C1CCc2cccc(O)c2C1.CCN(Cc1cccnc1)C1CCc2cccc(OC)c2C1. The quantitative estimate of drug-likeness (QED) is 0.240. The summed E-state index contributed by atoms with van der Waals surface area (Å²) in [5, 5.41) is 10.1. The van der Waals surface area contributed by atoms with E-state index in [9.17, 15) is 5.11 Å². The van der Waals surface area contributed by atoms with Gasteiger partial charge in [0.1, 0.15) is 11.5 Å². The van der Waals surface area contributed by atoms with Crippen molar-refractivity contribution in [3.63, 3.8) is 0 Å². The number of hydrogen-bond acceptors (Lipinski definition) is 6. The number of aromatic hydroxyl groups is 1. The first kappa shape index (κ1) is 30.7. The average Bonchev–Trinajstić information content (AvgIpc) is 3.07. The maximum Gasteiger partial charge on any atom is 0.122 e. The molecule has 2 heterocycles. The number of benzene rings is 2. The number of nitrogens with zero attached hydrogens (tertiary/aromatic N) is 4. The van der Waals surface area contributed by atoms with Gasteiger partial charge in [0, 0.05) is 50.0 Å². The minimum atomic E-state index is 0.453. The van der Waals surface area contributed by atoms with E-state index in [-0.39, 0.29) is 0 Å². The lowest BCUT2D eigenvalue weighted by Gasteiger charge is -2.35. The Morgan fingerprint density at radius 2 is 1.26 bits per heavy atom. The molecule has 0 spiro atoms. The van der Waals surface area contributed by atoms with Crippen LogP contribution in [-0.4, -0.2) is 57.2 Å². The molecule has 2 aromatic heterocycles. The lowest BCUT2D eigenvalue weighted by Crippen LogP contribution is -2.38. The Kier molecular flexibility index (Phi) is 10.8. The van der Waals surface area contributed by atoms with Crippen LogP contribution in [0.1, 0.15) is 60.1 Å². The van der Waals surface area contributed by atoms with Gasteiger partial charge in [-0.05, 0) is 109 Å². The van der Waals surface area contributed by atoms with Crippen molar-refractivity contribution in [3.05, 3.63) is 119 Å². The Hall–Kier alpha value is -3.74. The molecule has 2 aliphatic rings. The van der Waals surface area contributed by atoms with Gasteiger partial charge in [-0.25, -0.2) is 0 Å². The van der Waals surface area contributed by atoms with Crippen molar-refractivity contribution in [2.45, 2.75) is 77.5 Å². The van der Waals surface area contributed by atoms with Crippen LogP contribution in [0, 0.1) is 0 Å². The van der Waals surface area contributed by atoms with Gasteiger partial charge in [-0.1, -0.05) is 50.2 Å². The number of pyridine rings is 2. The number of ether oxygens (including phenoxy) is 1. The minimum absolute atomic E-state index is 0.453. The first-order valence-corrected chi connectivity index (χ1v) is 15.8. The van der Waals surface area contributed by atoms with Crippen LogP contribution in [-0.2, 0) is 38.8 Å². The Bertz CT molecular complexity index is 1420. The van der Waals surface area contributed by atoms with Crippen LogP contribution in [0.5, 0.6) is 11.5 Å². The second-order valence-corrected chi connectivity index (χ2v) is 11.7. The van der Waals surface area contributed by atoms with Gasteiger partial charge in [-0.15, -0.1) is 0 Å². The highest BCUT2D eigenvalue weighted by molar-refractivity contribution is 5.43. The summed E-state index contributed by atoms with van der Waals surface area (Å²) in [5.41, 5.74) is 7.83. The van der Waals surface area contributed by atoms with Gasteiger partial charge < -0.3 is 9.84 Å². The fourth-order valence-electron chi connectivity index (χ4n) is 6.75. The van der Waals surface area contributed by atoms with Crippen LogP contribution in [0.25, 0.3) is 0 Å². The highest BCUT2D eigenvalue weighted by Gasteiger charge is 2.26. The number of rotatable bonds is 9. The summed E-state index contributed by atoms with van der Waals surface area (Å²) >= 11 is 0. The molecule has 2 aromatic carbocycles. The number of aromatic nitrogens is 2. The Balaban J connectivity index is 0.000000171. The molecule has 6 rings (SSSR count). The van der Waals surface area contributed by atoms with Crippen molar-refractivity contribution in [3.8, 4) is 11.5 Å². The van der Waals surface area contributed by atoms with Gasteiger partial charge in [-0.2, -0.15) is 0 Å². The molecule has 0 aliphatic heterocycles. The molecule has 0 saturated heterocycles. The van der Waals surface area contributed by atoms with Gasteiger partial charge in [0.05, 0.1) is 7.11 Å². The first-order chi connectivity index (χ1) is 21.1. The number of hydrogen-bond donors (Lipinski definition) is 1. The molecule has 0 fully saturated rings. The van der Waals surface area contributed by atoms with E-state index in [0.29, 0.717) is 17.8 Å². The van der Waals surface area contributed by atoms with Crippen LogP contribution in [0.3, 0.4) is 0 Å². The standard InChI is InChI=1S/C19H24N2O.C18H22N2O/c1-3-21(14-15-6-5-11-20-13-15)17-10-9-16-7-4-8-19(22-2)18(16)12-17;1-2-20(13-14-5-4-10-19-12-14)16-9-8-15-6-3-7-18(21)17(15)11-16/h4-8,11,13,17H,3,9-10,12,14H2,1-2H3;3-7,10,12,16,21H,2,8-9,11,13H2,1H3. The lowest BCUT2D eigenvalue weighted by molar-refractivity contribution is 0.179. The van der Waals surface area contributed by atoms with E-state index >= 15 is 0 Å². The van der Waals surface area contributed by atoms with Gasteiger partial charge in [-0.3, -0.25) is 19.8 Å². The fraction of sp³-hybridized carbons (Fsp3) is 0.405. The molecule has 0 amide bonds. The van der Waals surface area contributed by atoms with Crippen LogP contribution >= 0.6 is 0 Å². The van der Waals surface area contributed by atoms with E-state index in [1.54, 1.807) is 13.2 Å². The van der Waals surface area contributed by atoms with E-state index in [0.717, 1.165) is 69.6 Å². The molecule has 6 heteroatoms. The smallest absolute Gasteiger partial charge is 0.122 e. The summed E-state index contributed by atoms with van der Waals surface area (Å²) in [6, 6.07) is 21.7. The molecule has 2 unspecified atom stereocenters. The molecule has 0 radical (unpaired) electrons. The Morgan fingerprint density at radius 3 is 1.77 bits per heavy atom. The van der Waals surface area contributed by atoms with Crippen LogP contribution in [0.15, 0.2) is 85.5 Å². The summed E-state index contributed by atoms with van der Waals surface area (Å²) in [4.78, 5) is 13.5. The van der Waals surface area contributed by atoms with Crippen molar-refractivity contribution in [1.29, 1.82) is 0 Å².